The van der Waals surface area contributed by atoms with Crippen LogP contribution in [0.4, 0.5) is 22.7 Å². The van der Waals surface area contributed by atoms with Crippen molar-refractivity contribution in [3.8, 4) is 11.3 Å². The lowest BCUT2D eigenvalue weighted by atomic mass is 9.74. The van der Waals surface area contributed by atoms with E-state index in [0.29, 0.717) is 33.4 Å². The van der Waals surface area contributed by atoms with E-state index < -0.39 is 15.4 Å². The molecule has 37 heavy (non-hydrogen) atoms. The first kappa shape index (κ1) is 21.0. The van der Waals surface area contributed by atoms with E-state index in [1.807, 2.05) is 59.5 Å². The smallest absolute Gasteiger partial charge is 0.270 e. The number of Topliss-reactive ketones (excluding diaryl/α,β-unsaturated/α-hetero) is 1. The summed E-state index contributed by atoms with van der Waals surface area (Å²) >= 11 is 0. The van der Waals surface area contributed by atoms with Crippen LogP contribution in [0.15, 0.2) is 91.0 Å². The number of rotatable bonds is 3. The predicted molar refractivity (Wildman–Crippen MR) is 137 cm³/mol. The first-order valence-corrected chi connectivity index (χ1v) is 11.5. The number of carbonyl (C=O) groups excluding carboxylic acids is 1. The fourth-order valence-corrected chi connectivity index (χ4v) is 5.86. The van der Waals surface area contributed by atoms with Gasteiger partial charge in [0.15, 0.2) is 11.3 Å². The Morgan fingerprint density at radius 2 is 1.38 bits per heavy atom. The van der Waals surface area contributed by atoms with Gasteiger partial charge in [-0.3, -0.25) is 25.0 Å². The molecule has 4 aromatic carbocycles. The van der Waals surface area contributed by atoms with Crippen molar-refractivity contribution in [2.75, 3.05) is 4.90 Å². The van der Waals surface area contributed by atoms with Gasteiger partial charge in [0.1, 0.15) is 0 Å². The number of fused-ring (bicyclic) bond motifs is 10. The molecule has 0 spiro atoms. The zero-order valence-electron chi connectivity index (χ0n) is 19.0. The summed E-state index contributed by atoms with van der Waals surface area (Å²) in [5.74, 6) is -0.333. The number of nitrogens with one attached hydrogen (secondary N) is 1. The Balaban J connectivity index is 1.69. The Bertz CT molecular complexity index is 1830. The van der Waals surface area contributed by atoms with E-state index in [0.717, 1.165) is 11.3 Å². The highest BCUT2D eigenvalue weighted by Crippen LogP contribution is 2.61. The quantitative estimate of drug-likeness (QED) is 0.237. The molecule has 9 nitrogen and oxygen atoms in total. The maximum atomic E-state index is 14.6. The number of hydrogen-bond donors (Lipinski definition) is 1. The van der Waals surface area contributed by atoms with E-state index in [9.17, 15) is 25.0 Å². The first-order valence-electron chi connectivity index (χ1n) is 11.5. The monoisotopic (exact) mass is 488 g/mol. The normalized spacial score (nSPS) is 17.2. The Hall–Kier alpha value is -5.31. The average Bonchev–Trinajstić information content (AvgIpc) is 3.43. The fourth-order valence-electron chi connectivity index (χ4n) is 5.86. The molecule has 1 aromatic heterocycles. The number of nitro groups is 2. The maximum absolute atomic E-state index is 14.6. The molecular weight excluding hydrogens is 472 g/mol. The van der Waals surface area contributed by atoms with Crippen molar-refractivity contribution in [3.63, 3.8) is 0 Å². The van der Waals surface area contributed by atoms with Gasteiger partial charge in [0.05, 0.1) is 32.5 Å². The molecule has 0 bridgehead atoms. The standard InChI is InChI=1S/C28H16N4O5/c33-27-21-15-18(32(36)37)11-13-24(21)30-23-9-5-4-8-19(23)26-25(28(27,30)16-6-2-1-3-7-16)20-14-17(31(34)35)10-12-22(20)29-26/h1-15,29H. The molecule has 0 radical (unpaired) electrons. The van der Waals surface area contributed by atoms with Gasteiger partial charge in [-0.05, 0) is 23.8 Å². The van der Waals surface area contributed by atoms with Crippen molar-refractivity contribution < 1.29 is 14.6 Å². The number of hydrogen-bond acceptors (Lipinski definition) is 6. The number of benzene rings is 4. The van der Waals surface area contributed by atoms with E-state index in [4.69, 9.17) is 0 Å². The zero-order valence-corrected chi connectivity index (χ0v) is 19.0. The summed E-state index contributed by atoms with van der Waals surface area (Å²) in [5.41, 5.74) is 3.19. The highest BCUT2D eigenvalue weighted by Gasteiger charge is 2.59. The van der Waals surface area contributed by atoms with Crippen LogP contribution < -0.4 is 4.90 Å². The molecular formula is C28H16N4O5. The summed E-state index contributed by atoms with van der Waals surface area (Å²) in [6.45, 7) is 0. The van der Waals surface area contributed by atoms with E-state index in [-0.39, 0.29) is 22.7 Å². The number of carbonyl (C=O) groups is 1. The summed E-state index contributed by atoms with van der Waals surface area (Å²) in [7, 11) is 0. The molecule has 1 unspecified atom stereocenters. The van der Waals surface area contributed by atoms with Crippen LogP contribution in [-0.4, -0.2) is 20.6 Å². The number of para-hydroxylation sites is 1. The average molecular weight is 488 g/mol. The van der Waals surface area contributed by atoms with Crippen LogP contribution in [0.3, 0.4) is 0 Å². The van der Waals surface area contributed by atoms with Crippen molar-refractivity contribution in [3.05, 3.63) is 128 Å². The van der Waals surface area contributed by atoms with Gasteiger partial charge in [-0.15, -0.1) is 0 Å². The van der Waals surface area contributed by atoms with Crippen LogP contribution >= 0.6 is 0 Å². The van der Waals surface area contributed by atoms with Crippen molar-refractivity contribution in [2.45, 2.75) is 5.54 Å². The van der Waals surface area contributed by atoms with Crippen molar-refractivity contribution in [1.29, 1.82) is 0 Å². The molecule has 0 aliphatic carbocycles. The SMILES string of the molecule is O=C1c2cc([N+](=O)[O-])ccc2N2c3ccccc3-c3[nH]c4ccc([N+](=O)[O-])cc4c3C12c1ccccc1. The second-order valence-corrected chi connectivity index (χ2v) is 9.08. The van der Waals surface area contributed by atoms with E-state index >= 15 is 0 Å². The summed E-state index contributed by atoms with van der Waals surface area (Å²) in [6.07, 6.45) is 0. The second kappa shape index (κ2) is 7.11. The summed E-state index contributed by atoms with van der Waals surface area (Å²) in [5, 5.41) is 23.9. The van der Waals surface area contributed by atoms with Gasteiger partial charge in [0.25, 0.3) is 11.4 Å². The van der Waals surface area contributed by atoms with Crippen LogP contribution in [0.1, 0.15) is 21.5 Å². The molecule has 1 N–H and O–H groups in total. The van der Waals surface area contributed by atoms with Crippen LogP contribution in [-0.2, 0) is 5.54 Å². The number of aromatic amines is 1. The second-order valence-electron chi connectivity index (χ2n) is 9.08. The minimum absolute atomic E-state index is 0.0958. The molecule has 178 valence electrons. The van der Waals surface area contributed by atoms with Gasteiger partial charge in [0, 0.05) is 46.3 Å². The van der Waals surface area contributed by atoms with E-state index in [1.165, 1.54) is 24.3 Å². The summed E-state index contributed by atoms with van der Waals surface area (Å²) in [6, 6.07) is 25.7. The van der Waals surface area contributed by atoms with Crippen LogP contribution in [0.2, 0.25) is 0 Å². The molecule has 1 atom stereocenters. The molecule has 0 saturated carbocycles. The molecule has 2 aliphatic rings. The molecule has 0 fully saturated rings. The predicted octanol–water partition coefficient (Wildman–Crippen LogP) is 6.24. The Morgan fingerprint density at radius 1 is 0.730 bits per heavy atom. The molecule has 3 heterocycles. The largest absolute Gasteiger partial charge is 0.354 e. The van der Waals surface area contributed by atoms with E-state index in [1.54, 1.807) is 12.1 Å². The van der Waals surface area contributed by atoms with Crippen LogP contribution in [0.25, 0.3) is 22.2 Å². The highest BCUT2D eigenvalue weighted by molar-refractivity contribution is 6.23. The van der Waals surface area contributed by atoms with Crippen molar-refractivity contribution >= 4 is 39.4 Å². The Labute approximate surface area is 208 Å². The minimum Gasteiger partial charge on any atom is -0.354 e. The Kier molecular flexibility index (Phi) is 4.04. The van der Waals surface area contributed by atoms with Gasteiger partial charge in [0.2, 0.25) is 0 Å². The highest BCUT2D eigenvalue weighted by atomic mass is 16.6. The fraction of sp³-hybridized carbons (Fsp3) is 0.0357. The number of ketones is 1. The number of anilines is 2. The first-order chi connectivity index (χ1) is 17.9. The van der Waals surface area contributed by atoms with Crippen LogP contribution in [0.5, 0.6) is 0 Å². The summed E-state index contributed by atoms with van der Waals surface area (Å²) < 4.78 is 0. The lowest BCUT2D eigenvalue weighted by Crippen LogP contribution is -2.48. The molecule has 5 aromatic rings. The third-order valence-corrected chi connectivity index (χ3v) is 7.30. The number of nitro benzene ring substituents is 2. The summed E-state index contributed by atoms with van der Waals surface area (Å²) in [4.78, 5) is 42.3. The Morgan fingerprint density at radius 3 is 2.14 bits per heavy atom. The number of non-ortho nitro benzene ring substituents is 2. The maximum Gasteiger partial charge on any atom is 0.270 e. The van der Waals surface area contributed by atoms with Crippen molar-refractivity contribution in [1.82, 2.24) is 4.98 Å². The molecule has 0 amide bonds. The van der Waals surface area contributed by atoms with Gasteiger partial charge in [-0.25, -0.2) is 0 Å². The molecule has 7 rings (SSSR count). The number of H-pyrrole nitrogens is 1. The van der Waals surface area contributed by atoms with Gasteiger partial charge in [-0.2, -0.15) is 0 Å². The van der Waals surface area contributed by atoms with Gasteiger partial charge < -0.3 is 9.88 Å². The minimum atomic E-state index is -1.43. The molecule has 9 heteroatoms. The topological polar surface area (TPSA) is 122 Å². The van der Waals surface area contributed by atoms with Gasteiger partial charge >= 0.3 is 0 Å². The lowest BCUT2D eigenvalue weighted by molar-refractivity contribution is -0.385. The number of nitrogens with zero attached hydrogens (tertiary/aromatic N) is 3. The van der Waals surface area contributed by atoms with Crippen LogP contribution in [0, 0.1) is 20.2 Å². The van der Waals surface area contributed by atoms with Gasteiger partial charge in [-0.1, -0.05) is 48.5 Å². The third-order valence-electron chi connectivity index (χ3n) is 7.30. The van der Waals surface area contributed by atoms with Crippen molar-refractivity contribution in [2.24, 2.45) is 0 Å². The number of aromatic nitrogens is 1. The molecule has 2 aliphatic heterocycles. The lowest BCUT2D eigenvalue weighted by Gasteiger charge is -2.44. The molecule has 0 saturated heterocycles. The zero-order chi connectivity index (χ0) is 25.5. The van der Waals surface area contributed by atoms with E-state index in [2.05, 4.69) is 4.98 Å². The third kappa shape index (κ3) is 2.54.